The number of rotatable bonds is 8. The third kappa shape index (κ3) is 7.21. The van der Waals surface area contributed by atoms with Gasteiger partial charge in [-0.2, -0.15) is 0 Å². The summed E-state index contributed by atoms with van der Waals surface area (Å²) in [5, 5.41) is 5.50. The van der Waals surface area contributed by atoms with Crippen LogP contribution in [0.4, 0.5) is 0 Å². The molecule has 0 heterocycles. The molecule has 4 N–H and O–H groups in total. The maximum Gasteiger partial charge on any atom is 0.222 e. The Labute approximate surface area is 113 Å². The first-order valence-electron chi connectivity index (χ1n) is 6.49. The fourth-order valence-corrected chi connectivity index (χ4v) is 1.55. The molecule has 0 bridgehead atoms. The van der Waals surface area contributed by atoms with E-state index in [9.17, 15) is 9.59 Å². The molecule has 0 fully saturated rings. The number of benzene rings is 1. The van der Waals surface area contributed by atoms with Gasteiger partial charge in [-0.3, -0.25) is 9.59 Å². The second-order valence-electron chi connectivity index (χ2n) is 4.25. The van der Waals surface area contributed by atoms with E-state index in [-0.39, 0.29) is 11.8 Å². The summed E-state index contributed by atoms with van der Waals surface area (Å²) in [5.74, 6) is -0.121. The summed E-state index contributed by atoms with van der Waals surface area (Å²) in [6, 6.07) is 9.70. The van der Waals surface area contributed by atoms with Crippen LogP contribution in [0.2, 0.25) is 0 Å². The van der Waals surface area contributed by atoms with Crippen molar-refractivity contribution in [1.29, 1.82) is 0 Å². The maximum absolute atomic E-state index is 11.5. The third-order valence-corrected chi connectivity index (χ3v) is 2.61. The summed E-state index contributed by atoms with van der Waals surface area (Å²) in [7, 11) is 0. The van der Waals surface area contributed by atoms with Crippen LogP contribution >= 0.6 is 0 Å². The van der Waals surface area contributed by atoms with Crippen molar-refractivity contribution in [2.24, 2.45) is 5.73 Å². The van der Waals surface area contributed by atoms with Crippen molar-refractivity contribution < 1.29 is 9.59 Å². The van der Waals surface area contributed by atoms with Gasteiger partial charge in [-0.05, 0) is 18.5 Å². The van der Waals surface area contributed by atoms with Crippen molar-refractivity contribution in [3.8, 4) is 0 Å². The van der Waals surface area contributed by atoms with Crippen molar-refractivity contribution in [3.05, 3.63) is 35.9 Å². The van der Waals surface area contributed by atoms with Gasteiger partial charge >= 0.3 is 0 Å². The molecule has 5 heteroatoms. The van der Waals surface area contributed by atoms with Crippen LogP contribution in [0.15, 0.2) is 30.3 Å². The SMILES string of the molecule is NCCCC(=O)NCCC(=O)NCc1ccccc1. The van der Waals surface area contributed by atoms with Crippen LogP contribution in [0, 0.1) is 0 Å². The number of carbonyl (C=O) groups excluding carboxylic acids is 2. The van der Waals surface area contributed by atoms with Crippen LogP contribution in [0.5, 0.6) is 0 Å². The molecule has 19 heavy (non-hydrogen) atoms. The lowest BCUT2D eigenvalue weighted by atomic mass is 10.2. The van der Waals surface area contributed by atoms with Gasteiger partial charge in [0.05, 0.1) is 0 Å². The van der Waals surface area contributed by atoms with Crippen molar-refractivity contribution in [2.75, 3.05) is 13.1 Å². The Hall–Kier alpha value is -1.88. The quantitative estimate of drug-likeness (QED) is 0.640. The van der Waals surface area contributed by atoms with Crippen LogP contribution in [-0.4, -0.2) is 24.9 Å². The summed E-state index contributed by atoms with van der Waals surface area (Å²) in [6.07, 6.45) is 1.38. The largest absolute Gasteiger partial charge is 0.356 e. The fourth-order valence-electron chi connectivity index (χ4n) is 1.55. The van der Waals surface area contributed by atoms with Gasteiger partial charge in [-0.15, -0.1) is 0 Å². The van der Waals surface area contributed by atoms with Crippen molar-refractivity contribution in [3.63, 3.8) is 0 Å². The fraction of sp³-hybridized carbons (Fsp3) is 0.429. The van der Waals surface area contributed by atoms with Crippen LogP contribution in [-0.2, 0) is 16.1 Å². The molecule has 0 radical (unpaired) electrons. The van der Waals surface area contributed by atoms with Crippen LogP contribution < -0.4 is 16.4 Å². The Balaban J connectivity index is 2.10. The topological polar surface area (TPSA) is 84.2 Å². The lowest BCUT2D eigenvalue weighted by Crippen LogP contribution is -2.30. The highest BCUT2D eigenvalue weighted by atomic mass is 16.2. The van der Waals surface area contributed by atoms with Gasteiger partial charge in [-0.25, -0.2) is 0 Å². The van der Waals surface area contributed by atoms with Gasteiger partial charge in [0.15, 0.2) is 0 Å². The van der Waals surface area contributed by atoms with Gasteiger partial charge in [0, 0.05) is 25.9 Å². The van der Waals surface area contributed by atoms with E-state index in [1.807, 2.05) is 30.3 Å². The smallest absolute Gasteiger partial charge is 0.222 e. The van der Waals surface area contributed by atoms with E-state index in [1.165, 1.54) is 0 Å². The Kier molecular flexibility index (Phi) is 7.27. The average molecular weight is 263 g/mol. The Morgan fingerprint density at radius 1 is 1.00 bits per heavy atom. The first-order valence-corrected chi connectivity index (χ1v) is 6.49. The molecule has 5 nitrogen and oxygen atoms in total. The zero-order valence-corrected chi connectivity index (χ0v) is 11.0. The summed E-state index contributed by atoms with van der Waals surface area (Å²) < 4.78 is 0. The predicted molar refractivity (Wildman–Crippen MR) is 74.2 cm³/mol. The molecule has 0 unspecified atom stereocenters. The minimum atomic E-state index is -0.0667. The summed E-state index contributed by atoms with van der Waals surface area (Å²) in [5.41, 5.74) is 6.36. The van der Waals surface area contributed by atoms with Gasteiger partial charge < -0.3 is 16.4 Å². The second kappa shape index (κ2) is 9.10. The minimum absolute atomic E-state index is 0.0543. The molecule has 0 atom stereocenters. The molecule has 0 aliphatic carbocycles. The standard InChI is InChI=1S/C14H21N3O2/c15-9-4-7-13(18)16-10-8-14(19)17-11-12-5-2-1-3-6-12/h1-3,5-6H,4,7-11,15H2,(H,16,18)(H,17,19). The lowest BCUT2D eigenvalue weighted by Gasteiger charge is -2.06. The Morgan fingerprint density at radius 2 is 1.68 bits per heavy atom. The first kappa shape index (κ1) is 15.2. The molecule has 1 aromatic carbocycles. The van der Waals surface area contributed by atoms with Crippen molar-refractivity contribution in [1.82, 2.24) is 10.6 Å². The lowest BCUT2D eigenvalue weighted by molar-refractivity contribution is -0.122. The van der Waals surface area contributed by atoms with Gasteiger partial charge in [-0.1, -0.05) is 30.3 Å². The van der Waals surface area contributed by atoms with Crippen LogP contribution in [0.3, 0.4) is 0 Å². The Bertz CT molecular complexity index is 393. The number of nitrogens with one attached hydrogen (secondary N) is 2. The molecule has 104 valence electrons. The summed E-state index contributed by atoms with van der Waals surface area (Å²) >= 11 is 0. The maximum atomic E-state index is 11.5. The monoisotopic (exact) mass is 263 g/mol. The van der Waals surface area contributed by atoms with Crippen LogP contribution in [0.25, 0.3) is 0 Å². The summed E-state index contributed by atoms with van der Waals surface area (Å²) in [6.45, 7) is 1.38. The van der Waals surface area contributed by atoms with Gasteiger partial charge in [0.2, 0.25) is 11.8 Å². The van der Waals surface area contributed by atoms with E-state index in [2.05, 4.69) is 10.6 Å². The van der Waals surface area contributed by atoms with E-state index in [4.69, 9.17) is 5.73 Å². The molecule has 0 aromatic heterocycles. The number of amides is 2. The predicted octanol–water partition coefficient (Wildman–Crippen LogP) is 0.548. The highest BCUT2D eigenvalue weighted by Crippen LogP contribution is 1.97. The number of carbonyl (C=O) groups is 2. The minimum Gasteiger partial charge on any atom is -0.356 e. The molecule has 0 aliphatic heterocycles. The van der Waals surface area contributed by atoms with Gasteiger partial charge in [0.25, 0.3) is 0 Å². The van der Waals surface area contributed by atoms with E-state index < -0.39 is 0 Å². The van der Waals surface area contributed by atoms with Crippen LogP contribution in [0.1, 0.15) is 24.8 Å². The molecule has 0 spiro atoms. The molecule has 0 aliphatic rings. The van der Waals surface area contributed by atoms with Crippen molar-refractivity contribution >= 4 is 11.8 Å². The van der Waals surface area contributed by atoms with Crippen molar-refractivity contribution in [2.45, 2.75) is 25.8 Å². The normalized spacial score (nSPS) is 9.95. The van der Waals surface area contributed by atoms with E-state index in [0.717, 1.165) is 5.56 Å². The number of hydrogen-bond donors (Lipinski definition) is 3. The average Bonchev–Trinajstić information content (AvgIpc) is 2.44. The summed E-state index contributed by atoms with van der Waals surface area (Å²) in [4.78, 5) is 22.8. The zero-order valence-electron chi connectivity index (χ0n) is 11.0. The first-order chi connectivity index (χ1) is 9.22. The molecule has 1 rings (SSSR count). The van der Waals surface area contributed by atoms with E-state index >= 15 is 0 Å². The third-order valence-electron chi connectivity index (χ3n) is 2.61. The molecule has 2 amide bonds. The van der Waals surface area contributed by atoms with E-state index in [1.54, 1.807) is 0 Å². The molecular weight excluding hydrogens is 242 g/mol. The number of hydrogen-bond acceptors (Lipinski definition) is 3. The second-order valence-corrected chi connectivity index (χ2v) is 4.25. The zero-order chi connectivity index (χ0) is 13.9. The highest BCUT2D eigenvalue weighted by Gasteiger charge is 2.03. The van der Waals surface area contributed by atoms with E-state index in [0.29, 0.717) is 38.9 Å². The highest BCUT2D eigenvalue weighted by molar-refractivity contribution is 5.78. The molecule has 0 saturated carbocycles. The molecule has 1 aromatic rings. The Morgan fingerprint density at radius 3 is 2.37 bits per heavy atom. The van der Waals surface area contributed by atoms with Gasteiger partial charge in [0.1, 0.15) is 0 Å². The molecule has 0 saturated heterocycles. The molecular formula is C14H21N3O2. The number of nitrogens with two attached hydrogens (primary N) is 1.